The number of rotatable bonds is 0. The third-order valence-electron chi connectivity index (χ3n) is 0.997. The van der Waals surface area contributed by atoms with Crippen molar-refractivity contribution in [3.05, 3.63) is 0 Å². The first-order chi connectivity index (χ1) is 3.96. The van der Waals surface area contributed by atoms with Gasteiger partial charge in [-0.3, -0.25) is 4.18 Å². The van der Waals surface area contributed by atoms with Crippen molar-refractivity contribution in [2.24, 2.45) is 0 Å². The predicted molar refractivity (Wildman–Crippen MR) is 24.4 cm³/mol. The molecule has 0 atom stereocenters. The van der Waals surface area contributed by atoms with Crippen molar-refractivity contribution in [3.8, 4) is 0 Å². The minimum absolute atomic E-state index is 0.407. The molecule has 0 amide bonds. The van der Waals surface area contributed by atoms with Crippen LogP contribution in [0.4, 0.5) is 8.78 Å². The Morgan fingerprint density at radius 1 is 1.44 bits per heavy atom. The predicted octanol–water partition coefficient (Wildman–Crippen LogP) is 0.329. The second-order valence-corrected chi connectivity index (χ2v) is 3.40. The van der Waals surface area contributed by atoms with E-state index in [1.54, 1.807) is 0 Å². The van der Waals surface area contributed by atoms with E-state index >= 15 is 0 Å². The van der Waals surface area contributed by atoms with E-state index in [0.717, 1.165) is 0 Å². The Morgan fingerprint density at radius 2 is 2.00 bits per heavy atom. The maximum Gasteiger partial charge on any atom is 0.372 e. The van der Waals surface area contributed by atoms with Crippen molar-refractivity contribution in [2.45, 2.75) is 11.7 Å². The summed E-state index contributed by atoms with van der Waals surface area (Å²) in [5, 5.41) is -3.66. The zero-order valence-corrected chi connectivity index (χ0v) is 5.12. The summed E-state index contributed by atoms with van der Waals surface area (Å²) >= 11 is 0. The fraction of sp³-hybridized carbons (Fsp3) is 1.00. The molecule has 54 valence electrons. The Bertz CT molecular complexity index is 207. The molecule has 0 spiro atoms. The molecule has 1 rings (SSSR count). The third-order valence-corrected chi connectivity index (χ3v) is 2.41. The maximum atomic E-state index is 12.0. The van der Waals surface area contributed by atoms with Gasteiger partial charge in [0.1, 0.15) is 0 Å². The van der Waals surface area contributed by atoms with Gasteiger partial charge in [-0.25, -0.2) is 0 Å². The molecule has 0 aromatic rings. The summed E-state index contributed by atoms with van der Waals surface area (Å²) in [6.07, 6.45) is -0.727. The average Bonchev–Trinajstić information content (AvgIpc) is 1.81. The van der Waals surface area contributed by atoms with Gasteiger partial charge < -0.3 is 0 Å². The molecule has 1 aliphatic heterocycles. The summed E-state index contributed by atoms with van der Waals surface area (Å²) in [5.74, 6) is 0. The lowest BCUT2D eigenvalue weighted by Gasteiger charge is -2.02. The maximum absolute atomic E-state index is 12.0. The van der Waals surface area contributed by atoms with E-state index in [0.29, 0.717) is 0 Å². The van der Waals surface area contributed by atoms with Crippen LogP contribution >= 0.6 is 0 Å². The van der Waals surface area contributed by atoms with Crippen molar-refractivity contribution in [1.29, 1.82) is 0 Å². The Labute approximate surface area is 50.7 Å². The highest BCUT2D eigenvalue weighted by molar-refractivity contribution is 7.88. The van der Waals surface area contributed by atoms with Crippen LogP contribution in [0.3, 0.4) is 0 Å². The molecule has 1 fully saturated rings. The third kappa shape index (κ3) is 0.920. The normalized spacial score (nSPS) is 30.4. The molecule has 0 aromatic heterocycles. The van der Waals surface area contributed by atoms with Gasteiger partial charge in [-0.2, -0.15) is 17.2 Å². The van der Waals surface area contributed by atoms with Gasteiger partial charge in [-0.1, -0.05) is 0 Å². The van der Waals surface area contributed by atoms with E-state index in [2.05, 4.69) is 4.18 Å². The van der Waals surface area contributed by atoms with Gasteiger partial charge in [0.25, 0.3) is 0 Å². The first kappa shape index (κ1) is 6.88. The van der Waals surface area contributed by atoms with E-state index in [1.807, 2.05) is 0 Å². The van der Waals surface area contributed by atoms with Crippen LogP contribution in [0.1, 0.15) is 6.42 Å². The van der Waals surface area contributed by atoms with Crippen LogP contribution in [-0.2, 0) is 14.3 Å². The van der Waals surface area contributed by atoms with Gasteiger partial charge in [0.2, 0.25) is 0 Å². The van der Waals surface area contributed by atoms with Crippen molar-refractivity contribution >= 4 is 10.1 Å². The van der Waals surface area contributed by atoms with Crippen molar-refractivity contribution < 1.29 is 21.4 Å². The van der Waals surface area contributed by atoms with Crippen LogP contribution < -0.4 is 0 Å². The van der Waals surface area contributed by atoms with Gasteiger partial charge in [-0.15, -0.1) is 0 Å². The molecule has 0 saturated carbocycles. The topological polar surface area (TPSA) is 43.4 Å². The number of hydrogen-bond acceptors (Lipinski definition) is 3. The molecule has 6 heteroatoms. The van der Waals surface area contributed by atoms with Gasteiger partial charge in [-0.05, 0) is 0 Å². The van der Waals surface area contributed by atoms with Gasteiger partial charge in [0.15, 0.2) is 0 Å². The van der Waals surface area contributed by atoms with Crippen molar-refractivity contribution in [2.75, 3.05) is 6.61 Å². The fourth-order valence-corrected chi connectivity index (χ4v) is 1.29. The standard InChI is InChI=1S/C3H4F2O3S/c4-3(5)1-2-8-9(3,6)7/h1-2H2. The van der Waals surface area contributed by atoms with Crippen LogP contribution in [0.5, 0.6) is 0 Å². The summed E-state index contributed by atoms with van der Waals surface area (Å²) < 4.78 is 48.0. The van der Waals surface area contributed by atoms with Crippen molar-refractivity contribution in [1.82, 2.24) is 0 Å². The minimum atomic E-state index is -4.56. The lowest BCUT2D eigenvalue weighted by atomic mass is 10.5. The lowest BCUT2D eigenvalue weighted by Crippen LogP contribution is -2.21. The summed E-state index contributed by atoms with van der Waals surface area (Å²) in [5.41, 5.74) is 0. The molecular formula is C3H4F2O3S. The highest BCUT2D eigenvalue weighted by Crippen LogP contribution is 2.32. The molecule has 1 heterocycles. The molecule has 0 aromatic carbocycles. The number of hydrogen-bond donors (Lipinski definition) is 0. The van der Waals surface area contributed by atoms with Gasteiger partial charge in [0, 0.05) is 0 Å². The number of alkyl halides is 2. The smallest absolute Gasteiger partial charge is 0.265 e. The van der Waals surface area contributed by atoms with Crippen LogP contribution in [0.25, 0.3) is 0 Å². The number of halogens is 2. The fourth-order valence-electron chi connectivity index (χ4n) is 0.481. The Morgan fingerprint density at radius 3 is 2.11 bits per heavy atom. The summed E-state index contributed by atoms with van der Waals surface area (Å²) in [4.78, 5) is 0. The van der Waals surface area contributed by atoms with E-state index in [1.165, 1.54) is 0 Å². The molecule has 0 bridgehead atoms. The Kier molecular flexibility index (Phi) is 1.25. The summed E-state index contributed by atoms with van der Waals surface area (Å²) in [6, 6.07) is 0. The summed E-state index contributed by atoms with van der Waals surface area (Å²) in [6.45, 7) is -0.407. The second kappa shape index (κ2) is 1.63. The van der Waals surface area contributed by atoms with Crippen LogP contribution in [0.2, 0.25) is 0 Å². The molecule has 3 nitrogen and oxygen atoms in total. The lowest BCUT2D eigenvalue weighted by molar-refractivity contribution is 0.0951. The largest absolute Gasteiger partial charge is 0.372 e. The molecule has 1 saturated heterocycles. The minimum Gasteiger partial charge on any atom is -0.265 e. The Hall–Kier alpha value is -0.230. The quantitative estimate of drug-likeness (QED) is 0.477. The SMILES string of the molecule is O=S1(=O)OCCC1(F)F. The Balaban J connectivity index is 3.03. The molecule has 0 unspecified atom stereocenters. The van der Waals surface area contributed by atoms with E-state index in [9.17, 15) is 17.2 Å². The van der Waals surface area contributed by atoms with Crippen molar-refractivity contribution in [3.63, 3.8) is 0 Å². The molecule has 0 N–H and O–H groups in total. The molecule has 9 heavy (non-hydrogen) atoms. The van der Waals surface area contributed by atoms with Gasteiger partial charge >= 0.3 is 15.4 Å². The van der Waals surface area contributed by atoms with E-state index in [-0.39, 0.29) is 0 Å². The molecule has 0 radical (unpaired) electrons. The highest BCUT2D eigenvalue weighted by Gasteiger charge is 2.50. The summed E-state index contributed by atoms with van der Waals surface area (Å²) in [7, 11) is -4.56. The molecule has 0 aliphatic carbocycles. The van der Waals surface area contributed by atoms with Crippen LogP contribution in [0, 0.1) is 0 Å². The monoisotopic (exact) mass is 158 g/mol. The zero-order valence-electron chi connectivity index (χ0n) is 4.30. The van der Waals surface area contributed by atoms with E-state index < -0.39 is 28.4 Å². The van der Waals surface area contributed by atoms with E-state index in [4.69, 9.17) is 0 Å². The van der Waals surface area contributed by atoms with Crippen LogP contribution in [0.15, 0.2) is 0 Å². The first-order valence-electron chi connectivity index (χ1n) is 2.22. The molecule has 1 aliphatic rings. The molecular weight excluding hydrogens is 154 g/mol. The first-order valence-corrected chi connectivity index (χ1v) is 3.63. The average molecular weight is 158 g/mol. The zero-order chi connectivity index (χ0) is 7.12. The van der Waals surface area contributed by atoms with Crippen LogP contribution in [-0.4, -0.2) is 20.3 Å². The van der Waals surface area contributed by atoms with Gasteiger partial charge in [0.05, 0.1) is 13.0 Å². The second-order valence-electron chi connectivity index (χ2n) is 1.66. The highest BCUT2D eigenvalue weighted by atomic mass is 32.2.